The molecule has 2 rings (SSSR count). The zero-order valence-corrected chi connectivity index (χ0v) is 13.7. The Kier molecular flexibility index (Phi) is 4.79. The molecule has 1 aromatic heterocycles. The summed E-state index contributed by atoms with van der Waals surface area (Å²) >= 11 is 0. The summed E-state index contributed by atoms with van der Waals surface area (Å²) in [6.45, 7) is 7.42. The molecule has 0 fully saturated rings. The van der Waals surface area contributed by atoms with Crippen molar-refractivity contribution in [1.82, 2.24) is 10.3 Å². The van der Waals surface area contributed by atoms with Crippen LogP contribution >= 0.6 is 0 Å². The standard InChI is InChI=1S/C18H20N2O3/c1-10-8-12(3)15(19-9-10)17(21)20-16(18(22)23)14-7-5-6-11(2)13(14)4/h5-9,16H,1-4H3,(H,20,21)(H,22,23). The van der Waals surface area contributed by atoms with E-state index in [1.165, 1.54) is 0 Å². The van der Waals surface area contributed by atoms with E-state index >= 15 is 0 Å². The molecule has 1 unspecified atom stereocenters. The Bertz CT molecular complexity index is 769. The minimum atomic E-state index is -1.11. The molecule has 0 aliphatic rings. The first kappa shape index (κ1) is 16.7. The fourth-order valence-corrected chi connectivity index (χ4v) is 2.51. The van der Waals surface area contributed by atoms with E-state index in [2.05, 4.69) is 10.3 Å². The van der Waals surface area contributed by atoms with Gasteiger partial charge in [-0.2, -0.15) is 0 Å². The number of rotatable bonds is 4. The van der Waals surface area contributed by atoms with Gasteiger partial charge in [-0.05, 0) is 55.5 Å². The van der Waals surface area contributed by atoms with Gasteiger partial charge < -0.3 is 10.4 Å². The van der Waals surface area contributed by atoms with Crippen LogP contribution in [0.3, 0.4) is 0 Å². The van der Waals surface area contributed by atoms with Crippen LogP contribution in [0.25, 0.3) is 0 Å². The van der Waals surface area contributed by atoms with Crippen molar-refractivity contribution in [2.75, 3.05) is 0 Å². The van der Waals surface area contributed by atoms with Gasteiger partial charge in [0.1, 0.15) is 5.69 Å². The molecule has 0 aliphatic heterocycles. The van der Waals surface area contributed by atoms with Crippen LogP contribution in [-0.2, 0) is 4.79 Å². The summed E-state index contributed by atoms with van der Waals surface area (Å²) in [6, 6.07) is 6.15. The van der Waals surface area contributed by atoms with E-state index in [0.29, 0.717) is 11.1 Å². The van der Waals surface area contributed by atoms with Crippen LogP contribution in [0.1, 0.15) is 44.3 Å². The third-order valence-electron chi connectivity index (χ3n) is 3.91. The molecule has 2 N–H and O–H groups in total. The van der Waals surface area contributed by atoms with E-state index in [1.807, 2.05) is 32.9 Å². The number of aliphatic carboxylic acids is 1. The molecule has 120 valence electrons. The van der Waals surface area contributed by atoms with E-state index in [4.69, 9.17) is 0 Å². The summed E-state index contributed by atoms with van der Waals surface area (Å²) in [5.41, 5.74) is 4.32. The highest BCUT2D eigenvalue weighted by Crippen LogP contribution is 2.21. The molecule has 5 heteroatoms. The molecular formula is C18H20N2O3. The molecule has 0 spiro atoms. The summed E-state index contributed by atoms with van der Waals surface area (Å²) < 4.78 is 0. The van der Waals surface area contributed by atoms with Crippen molar-refractivity contribution >= 4 is 11.9 Å². The van der Waals surface area contributed by atoms with E-state index in [1.54, 1.807) is 25.3 Å². The molecule has 1 aromatic carbocycles. The van der Waals surface area contributed by atoms with Gasteiger partial charge in [-0.15, -0.1) is 0 Å². The fraction of sp³-hybridized carbons (Fsp3) is 0.278. The normalized spacial score (nSPS) is 11.8. The molecular weight excluding hydrogens is 292 g/mol. The predicted molar refractivity (Wildman–Crippen MR) is 87.5 cm³/mol. The van der Waals surface area contributed by atoms with Gasteiger partial charge in [-0.1, -0.05) is 24.3 Å². The number of carboxylic acids is 1. The Hall–Kier alpha value is -2.69. The van der Waals surface area contributed by atoms with Crippen molar-refractivity contribution in [3.63, 3.8) is 0 Å². The number of nitrogens with zero attached hydrogens (tertiary/aromatic N) is 1. The van der Waals surface area contributed by atoms with Gasteiger partial charge >= 0.3 is 5.97 Å². The molecule has 0 radical (unpaired) electrons. The molecule has 0 saturated heterocycles. The lowest BCUT2D eigenvalue weighted by Crippen LogP contribution is -2.35. The lowest BCUT2D eigenvalue weighted by molar-refractivity contribution is -0.139. The summed E-state index contributed by atoms with van der Waals surface area (Å²) in [7, 11) is 0. The second-order valence-corrected chi connectivity index (χ2v) is 5.71. The summed E-state index contributed by atoms with van der Waals surface area (Å²) in [5.74, 6) is -1.59. The van der Waals surface area contributed by atoms with Gasteiger partial charge in [0, 0.05) is 6.20 Å². The Morgan fingerprint density at radius 1 is 1.13 bits per heavy atom. The fourth-order valence-electron chi connectivity index (χ4n) is 2.51. The molecule has 1 amide bonds. The van der Waals surface area contributed by atoms with Gasteiger partial charge in [-0.3, -0.25) is 9.78 Å². The monoisotopic (exact) mass is 312 g/mol. The molecule has 0 saturated carbocycles. The summed E-state index contributed by atoms with van der Waals surface area (Å²) in [5, 5.41) is 12.1. The van der Waals surface area contributed by atoms with Crippen LogP contribution in [0.5, 0.6) is 0 Å². The van der Waals surface area contributed by atoms with E-state index in [9.17, 15) is 14.7 Å². The number of hydrogen-bond acceptors (Lipinski definition) is 3. The first-order valence-electron chi connectivity index (χ1n) is 7.34. The first-order valence-corrected chi connectivity index (χ1v) is 7.34. The minimum absolute atomic E-state index is 0.243. The van der Waals surface area contributed by atoms with Crippen molar-refractivity contribution < 1.29 is 14.7 Å². The van der Waals surface area contributed by atoms with Gasteiger partial charge in [0.15, 0.2) is 6.04 Å². The van der Waals surface area contributed by atoms with Crippen molar-refractivity contribution in [3.8, 4) is 0 Å². The maximum Gasteiger partial charge on any atom is 0.330 e. The van der Waals surface area contributed by atoms with E-state index < -0.39 is 17.9 Å². The highest BCUT2D eigenvalue weighted by atomic mass is 16.4. The van der Waals surface area contributed by atoms with Crippen molar-refractivity contribution in [3.05, 3.63) is 64.0 Å². The number of nitrogens with one attached hydrogen (secondary N) is 1. The Morgan fingerprint density at radius 3 is 2.43 bits per heavy atom. The number of carboxylic acid groups (broad SMARTS) is 1. The quantitative estimate of drug-likeness (QED) is 0.910. The highest BCUT2D eigenvalue weighted by Gasteiger charge is 2.25. The number of pyridine rings is 1. The minimum Gasteiger partial charge on any atom is -0.479 e. The number of carbonyl (C=O) groups excluding carboxylic acids is 1. The number of hydrogen-bond donors (Lipinski definition) is 2. The lowest BCUT2D eigenvalue weighted by Gasteiger charge is -2.18. The summed E-state index contributed by atoms with van der Waals surface area (Å²) in [6.07, 6.45) is 1.59. The third kappa shape index (κ3) is 3.56. The highest BCUT2D eigenvalue weighted by molar-refractivity contribution is 5.96. The van der Waals surface area contributed by atoms with Gasteiger partial charge in [0.25, 0.3) is 5.91 Å². The van der Waals surface area contributed by atoms with Gasteiger partial charge in [0.05, 0.1) is 0 Å². The predicted octanol–water partition coefficient (Wildman–Crippen LogP) is 2.87. The van der Waals surface area contributed by atoms with Crippen LogP contribution in [0, 0.1) is 27.7 Å². The van der Waals surface area contributed by atoms with Crippen LogP contribution in [0.2, 0.25) is 0 Å². The average Bonchev–Trinajstić information content (AvgIpc) is 2.47. The zero-order chi connectivity index (χ0) is 17.1. The zero-order valence-electron chi connectivity index (χ0n) is 13.7. The Balaban J connectivity index is 2.35. The number of aryl methyl sites for hydroxylation is 3. The number of aromatic nitrogens is 1. The van der Waals surface area contributed by atoms with Gasteiger partial charge in [-0.25, -0.2) is 4.79 Å². The van der Waals surface area contributed by atoms with Crippen LogP contribution < -0.4 is 5.32 Å². The van der Waals surface area contributed by atoms with Crippen LogP contribution in [0.15, 0.2) is 30.5 Å². The van der Waals surface area contributed by atoms with Crippen molar-refractivity contribution in [1.29, 1.82) is 0 Å². The second-order valence-electron chi connectivity index (χ2n) is 5.71. The Labute approximate surface area is 135 Å². The van der Waals surface area contributed by atoms with Crippen molar-refractivity contribution in [2.45, 2.75) is 33.7 Å². The largest absolute Gasteiger partial charge is 0.479 e. The topological polar surface area (TPSA) is 79.3 Å². The molecule has 5 nitrogen and oxygen atoms in total. The maximum atomic E-state index is 12.4. The average molecular weight is 312 g/mol. The number of carbonyl (C=O) groups is 2. The summed E-state index contributed by atoms with van der Waals surface area (Å²) in [4.78, 5) is 28.2. The first-order chi connectivity index (χ1) is 10.8. The maximum absolute atomic E-state index is 12.4. The molecule has 1 atom stereocenters. The number of amides is 1. The molecule has 1 heterocycles. The third-order valence-corrected chi connectivity index (χ3v) is 3.91. The molecule has 0 aliphatic carbocycles. The molecule has 23 heavy (non-hydrogen) atoms. The number of benzene rings is 1. The van der Waals surface area contributed by atoms with Gasteiger partial charge in [0.2, 0.25) is 0 Å². The SMILES string of the molecule is Cc1cnc(C(=O)NC(C(=O)O)c2cccc(C)c2C)c(C)c1. The Morgan fingerprint density at radius 2 is 1.83 bits per heavy atom. The smallest absolute Gasteiger partial charge is 0.330 e. The lowest BCUT2D eigenvalue weighted by atomic mass is 9.97. The second kappa shape index (κ2) is 6.60. The van der Waals surface area contributed by atoms with Crippen LogP contribution in [0.4, 0.5) is 0 Å². The van der Waals surface area contributed by atoms with Crippen molar-refractivity contribution in [2.24, 2.45) is 0 Å². The van der Waals surface area contributed by atoms with E-state index in [-0.39, 0.29) is 5.69 Å². The molecule has 2 aromatic rings. The van der Waals surface area contributed by atoms with E-state index in [0.717, 1.165) is 16.7 Å². The molecule has 0 bridgehead atoms. The van der Waals surface area contributed by atoms with Crippen LogP contribution in [-0.4, -0.2) is 22.0 Å².